The number of esters is 1. The second-order valence-corrected chi connectivity index (χ2v) is 8.70. The van der Waals surface area contributed by atoms with Gasteiger partial charge in [0, 0.05) is 28.7 Å². The van der Waals surface area contributed by atoms with Crippen molar-refractivity contribution in [1.82, 2.24) is 10.2 Å². The van der Waals surface area contributed by atoms with Crippen LogP contribution in [-0.2, 0) is 4.79 Å². The zero-order valence-corrected chi connectivity index (χ0v) is 19.5. The van der Waals surface area contributed by atoms with Gasteiger partial charge in [-0.05, 0) is 42.0 Å². The van der Waals surface area contributed by atoms with Gasteiger partial charge in [0.2, 0.25) is 5.43 Å². The molecular weight excluding hydrogens is 476 g/mol. The number of nitrogens with zero attached hydrogens (tertiary/aromatic N) is 1. The second-order valence-electron chi connectivity index (χ2n) is 8.70. The molecule has 0 radical (unpaired) electrons. The van der Waals surface area contributed by atoms with Gasteiger partial charge in [-0.3, -0.25) is 14.7 Å². The number of hydrogen-bond acceptors (Lipinski definition) is 8. The quantitative estimate of drug-likeness (QED) is 0.241. The van der Waals surface area contributed by atoms with Gasteiger partial charge in [0.05, 0.1) is 31.0 Å². The highest BCUT2D eigenvalue weighted by molar-refractivity contribution is 5.94. The van der Waals surface area contributed by atoms with E-state index in [2.05, 4.69) is 10.2 Å². The third-order valence-corrected chi connectivity index (χ3v) is 6.57. The van der Waals surface area contributed by atoms with Gasteiger partial charge < -0.3 is 24.1 Å². The van der Waals surface area contributed by atoms with Gasteiger partial charge in [0.25, 0.3) is 0 Å². The third-order valence-electron chi connectivity index (χ3n) is 6.57. The Morgan fingerprint density at radius 1 is 1.03 bits per heavy atom. The normalized spacial score (nSPS) is 14.8. The maximum absolute atomic E-state index is 13.5. The van der Waals surface area contributed by atoms with Crippen LogP contribution in [0.15, 0.2) is 76.3 Å². The van der Waals surface area contributed by atoms with Crippen molar-refractivity contribution in [3.63, 3.8) is 0 Å². The molecule has 0 saturated heterocycles. The lowest BCUT2D eigenvalue weighted by Crippen LogP contribution is -2.22. The number of methoxy groups -OCH3 is 1. The van der Waals surface area contributed by atoms with Gasteiger partial charge in [-0.2, -0.15) is 5.10 Å². The summed E-state index contributed by atoms with van der Waals surface area (Å²) in [6, 6.07) is 14.7. The van der Waals surface area contributed by atoms with Crippen LogP contribution in [0.1, 0.15) is 23.5 Å². The summed E-state index contributed by atoms with van der Waals surface area (Å²) < 4.78 is 16.7. The summed E-state index contributed by atoms with van der Waals surface area (Å²) in [5, 5.41) is 27.6. The maximum atomic E-state index is 13.5. The average Bonchev–Trinajstić information content (AvgIpc) is 3.39. The molecule has 2 aromatic heterocycles. The number of aromatic nitrogens is 2. The lowest BCUT2D eigenvalue weighted by molar-refractivity contribution is -0.135. The summed E-state index contributed by atoms with van der Waals surface area (Å²) in [5.41, 5.74) is 3.11. The highest BCUT2D eigenvalue weighted by Gasteiger charge is 2.35. The molecule has 37 heavy (non-hydrogen) atoms. The average molecular weight is 496 g/mol. The first-order valence-corrected chi connectivity index (χ1v) is 11.4. The molecule has 1 aliphatic rings. The second kappa shape index (κ2) is 8.56. The van der Waals surface area contributed by atoms with Gasteiger partial charge >= 0.3 is 5.97 Å². The van der Waals surface area contributed by atoms with Gasteiger partial charge in [-0.15, -0.1) is 0 Å². The molecule has 0 saturated carbocycles. The van der Waals surface area contributed by atoms with E-state index >= 15 is 0 Å². The SMILES string of the molecule is COc1ccc(-c2[nH]ncc2[C@H]2CC(=O)Oc3cc(O)c4c(=O)c(-c5ccc(O)cc5)coc4c32)cc1. The first-order chi connectivity index (χ1) is 17.9. The Kier molecular flexibility index (Phi) is 5.19. The lowest BCUT2D eigenvalue weighted by atomic mass is 9.84. The summed E-state index contributed by atoms with van der Waals surface area (Å²) in [6.45, 7) is 0. The number of ether oxygens (including phenoxy) is 2. The van der Waals surface area contributed by atoms with E-state index in [4.69, 9.17) is 13.9 Å². The molecule has 0 aliphatic carbocycles. The zero-order chi connectivity index (χ0) is 25.7. The predicted octanol–water partition coefficient (Wildman–Crippen LogP) is 4.71. The Morgan fingerprint density at radius 2 is 1.76 bits per heavy atom. The smallest absolute Gasteiger partial charge is 0.312 e. The number of carbonyl (C=O) groups is 1. The Morgan fingerprint density at radius 3 is 2.49 bits per heavy atom. The largest absolute Gasteiger partial charge is 0.508 e. The number of H-pyrrole nitrogens is 1. The number of nitrogens with one attached hydrogen (secondary N) is 1. The molecule has 3 aromatic carbocycles. The van der Waals surface area contributed by atoms with Crippen molar-refractivity contribution in [2.75, 3.05) is 7.11 Å². The molecule has 0 amide bonds. The molecule has 3 N–H and O–H groups in total. The molecule has 0 fully saturated rings. The zero-order valence-electron chi connectivity index (χ0n) is 19.5. The van der Waals surface area contributed by atoms with E-state index in [1.807, 2.05) is 24.3 Å². The van der Waals surface area contributed by atoms with Gasteiger partial charge in [0.1, 0.15) is 40.2 Å². The number of aromatic hydroxyl groups is 2. The summed E-state index contributed by atoms with van der Waals surface area (Å²) >= 11 is 0. The lowest BCUT2D eigenvalue weighted by Gasteiger charge is -2.25. The van der Waals surface area contributed by atoms with Gasteiger partial charge in [-0.1, -0.05) is 12.1 Å². The highest BCUT2D eigenvalue weighted by Crippen LogP contribution is 2.47. The topological polar surface area (TPSA) is 135 Å². The first kappa shape index (κ1) is 22.4. The van der Waals surface area contributed by atoms with E-state index in [1.54, 1.807) is 25.4 Å². The molecule has 9 nitrogen and oxygen atoms in total. The van der Waals surface area contributed by atoms with Crippen LogP contribution in [0.25, 0.3) is 33.4 Å². The van der Waals surface area contributed by atoms with Crippen LogP contribution in [0.3, 0.4) is 0 Å². The van der Waals surface area contributed by atoms with Crippen LogP contribution in [0.4, 0.5) is 0 Å². The van der Waals surface area contributed by atoms with E-state index in [0.717, 1.165) is 5.56 Å². The number of aromatic amines is 1. The number of benzene rings is 3. The van der Waals surface area contributed by atoms with E-state index in [0.29, 0.717) is 28.1 Å². The molecule has 9 heteroatoms. The van der Waals surface area contributed by atoms with Crippen LogP contribution < -0.4 is 14.9 Å². The molecule has 184 valence electrons. The molecule has 1 atom stereocenters. The van der Waals surface area contributed by atoms with Crippen molar-refractivity contribution in [3.8, 4) is 45.4 Å². The summed E-state index contributed by atoms with van der Waals surface area (Å²) in [4.78, 5) is 26.1. The van der Waals surface area contributed by atoms with Crippen molar-refractivity contribution >= 4 is 16.9 Å². The molecule has 6 rings (SSSR count). The molecule has 3 heterocycles. The Balaban J connectivity index is 1.55. The Hall–Kier alpha value is -5.05. The van der Waals surface area contributed by atoms with Crippen LogP contribution in [0.2, 0.25) is 0 Å². The molecular formula is C28H20N2O7. The number of rotatable bonds is 4. The number of phenols is 2. The third kappa shape index (κ3) is 3.68. The minimum atomic E-state index is -0.558. The fraction of sp³-hybridized carbons (Fsp3) is 0.107. The fourth-order valence-corrected chi connectivity index (χ4v) is 4.79. The fourth-order valence-electron chi connectivity index (χ4n) is 4.79. The number of fused-ring (bicyclic) bond motifs is 3. The van der Waals surface area contributed by atoms with Crippen molar-refractivity contribution in [2.24, 2.45) is 0 Å². The van der Waals surface area contributed by atoms with Gasteiger partial charge in [-0.25, -0.2) is 0 Å². The first-order valence-electron chi connectivity index (χ1n) is 11.4. The predicted molar refractivity (Wildman–Crippen MR) is 134 cm³/mol. The van der Waals surface area contributed by atoms with Crippen LogP contribution in [-0.4, -0.2) is 33.5 Å². The summed E-state index contributed by atoms with van der Waals surface area (Å²) in [6.07, 6.45) is 2.93. The van der Waals surface area contributed by atoms with Crippen LogP contribution >= 0.6 is 0 Å². The monoisotopic (exact) mass is 496 g/mol. The summed E-state index contributed by atoms with van der Waals surface area (Å²) in [5.74, 6) is -0.528. The maximum Gasteiger partial charge on any atom is 0.312 e. The molecule has 5 aromatic rings. The molecule has 0 spiro atoms. The highest BCUT2D eigenvalue weighted by atomic mass is 16.5. The van der Waals surface area contributed by atoms with Gasteiger partial charge in [0.15, 0.2) is 0 Å². The summed E-state index contributed by atoms with van der Waals surface area (Å²) in [7, 11) is 1.59. The Labute approximate surface area is 209 Å². The molecule has 0 bridgehead atoms. The van der Waals surface area contributed by atoms with Crippen molar-refractivity contribution < 1.29 is 28.9 Å². The Bertz CT molecular complexity index is 1720. The number of hydrogen-bond donors (Lipinski definition) is 3. The van der Waals surface area contributed by atoms with Crippen molar-refractivity contribution in [2.45, 2.75) is 12.3 Å². The standard InChI is InChI=1S/C28H20N2O7/c1-35-17-8-4-15(5-9-17)26-19(12-29-30-26)18-10-23(33)37-22-11-21(32)25-27(34)20(13-36-28(25)24(18)22)14-2-6-16(31)7-3-14/h2-9,11-13,18,31-32H,10H2,1H3,(H,29,30)/t18-/m1/s1. The molecule has 0 unspecified atom stereocenters. The number of carbonyl (C=O) groups excluding carboxylic acids is 1. The minimum absolute atomic E-state index is 0.0149. The van der Waals surface area contributed by atoms with Crippen molar-refractivity contribution in [1.29, 1.82) is 0 Å². The van der Waals surface area contributed by atoms with Crippen LogP contribution in [0, 0.1) is 0 Å². The minimum Gasteiger partial charge on any atom is -0.508 e. The van der Waals surface area contributed by atoms with E-state index in [-0.39, 0.29) is 40.2 Å². The van der Waals surface area contributed by atoms with E-state index in [9.17, 15) is 19.8 Å². The van der Waals surface area contributed by atoms with Crippen molar-refractivity contribution in [3.05, 3.63) is 88.4 Å². The van der Waals surface area contributed by atoms with E-state index < -0.39 is 17.3 Å². The van der Waals surface area contributed by atoms with E-state index in [1.165, 1.54) is 24.5 Å². The van der Waals surface area contributed by atoms with Crippen LogP contribution in [0.5, 0.6) is 23.0 Å². The molecule has 1 aliphatic heterocycles. The number of phenolic OH excluding ortho intramolecular Hbond substituents is 2.